The van der Waals surface area contributed by atoms with Gasteiger partial charge in [0.05, 0.1) is 34.8 Å². The van der Waals surface area contributed by atoms with Crippen LogP contribution in [0.1, 0.15) is 45.1 Å². The summed E-state index contributed by atoms with van der Waals surface area (Å²) in [5.41, 5.74) is 3.45. The summed E-state index contributed by atoms with van der Waals surface area (Å²) in [6.07, 6.45) is 9.37. The Kier molecular flexibility index (Phi) is 6.54. The molecule has 0 aliphatic carbocycles. The van der Waals surface area contributed by atoms with Gasteiger partial charge in [-0.1, -0.05) is 0 Å². The minimum atomic E-state index is -0.910. The lowest BCUT2D eigenvalue weighted by Crippen LogP contribution is -2.44. The number of hydrogen-bond donors (Lipinski definition) is 2. The normalized spacial score (nSPS) is 16.9. The van der Waals surface area contributed by atoms with E-state index in [-0.39, 0.29) is 18.4 Å². The van der Waals surface area contributed by atoms with Gasteiger partial charge in [-0.25, -0.2) is 9.50 Å². The van der Waals surface area contributed by atoms with Crippen LogP contribution in [-0.2, 0) is 4.79 Å². The molecule has 1 amide bonds. The van der Waals surface area contributed by atoms with E-state index >= 15 is 0 Å². The Morgan fingerprint density at radius 2 is 1.92 bits per heavy atom. The number of rotatable bonds is 6. The van der Waals surface area contributed by atoms with Gasteiger partial charge in [-0.05, 0) is 57.7 Å². The van der Waals surface area contributed by atoms with Crippen molar-refractivity contribution in [3.8, 4) is 17.2 Å². The van der Waals surface area contributed by atoms with Crippen LogP contribution in [0, 0.1) is 17.2 Å². The number of pyridine rings is 2. The molecule has 0 bridgehead atoms. The Labute approximate surface area is 211 Å². The fourth-order valence-electron chi connectivity index (χ4n) is 5.11. The van der Waals surface area contributed by atoms with Crippen LogP contribution in [0.3, 0.4) is 0 Å². The first-order valence-electron chi connectivity index (χ1n) is 12.7. The Morgan fingerprint density at radius 3 is 2.56 bits per heavy atom. The molecule has 9 heteroatoms. The summed E-state index contributed by atoms with van der Waals surface area (Å²) in [6.45, 7) is 7.19. The molecule has 0 spiro atoms. The fourth-order valence-corrected chi connectivity index (χ4v) is 5.11. The van der Waals surface area contributed by atoms with Gasteiger partial charge >= 0.3 is 0 Å². The molecule has 3 aromatic heterocycles. The molecule has 0 atom stereocenters. The molecule has 36 heavy (non-hydrogen) atoms. The minimum absolute atomic E-state index is 0.0103. The highest BCUT2D eigenvalue weighted by Crippen LogP contribution is 2.33. The Bertz CT molecular complexity index is 1270. The van der Waals surface area contributed by atoms with E-state index in [1.165, 1.54) is 12.8 Å². The van der Waals surface area contributed by atoms with Gasteiger partial charge in [-0.2, -0.15) is 10.4 Å². The zero-order valence-corrected chi connectivity index (χ0v) is 20.9. The monoisotopic (exact) mass is 487 g/mol. The number of carbonyl (C=O) groups is 1. The summed E-state index contributed by atoms with van der Waals surface area (Å²) < 4.78 is 1.81. The van der Waals surface area contributed by atoms with Crippen molar-refractivity contribution in [3.05, 3.63) is 42.4 Å². The molecule has 2 fully saturated rings. The molecule has 188 valence electrons. The third-order valence-electron chi connectivity index (χ3n) is 7.13. The smallest absolute Gasteiger partial charge is 0.223 e. The van der Waals surface area contributed by atoms with E-state index in [0.29, 0.717) is 5.56 Å². The summed E-state index contributed by atoms with van der Waals surface area (Å²) in [6, 6.07) is 8.50. The number of fused-ring (bicyclic) bond motifs is 1. The molecule has 2 N–H and O–H groups in total. The van der Waals surface area contributed by atoms with E-state index in [2.05, 4.69) is 38.4 Å². The first-order chi connectivity index (χ1) is 17.3. The zero-order valence-electron chi connectivity index (χ0n) is 20.9. The number of amides is 1. The van der Waals surface area contributed by atoms with E-state index in [1.54, 1.807) is 20.0 Å². The molecular weight excluding hydrogens is 454 g/mol. The summed E-state index contributed by atoms with van der Waals surface area (Å²) in [7, 11) is 0. The van der Waals surface area contributed by atoms with Crippen molar-refractivity contribution >= 4 is 22.9 Å². The van der Waals surface area contributed by atoms with E-state index in [1.807, 2.05) is 23.0 Å². The van der Waals surface area contributed by atoms with Gasteiger partial charge in [0.1, 0.15) is 11.9 Å². The second kappa shape index (κ2) is 9.78. The maximum absolute atomic E-state index is 12.5. The van der Waals surface area contributed by atoms with Crippen LogP contribution >= 0.6 is 0 Å². The number of aromatic nitrogens is 3. The highest BCUT2D eigenvalue weighted by Gasteiger charge is 2.27. The van der Waals surface area contributed by atoms with E-state index in [0.717, 1.165) is 67.2 Å². The van der Waals surface area contributed by atoms with Gasteiger partial charge in [-0.15, -0.1) is 0 Å². The summed E-state index contributed by atoms with van der Waals surface area (Å²) in [5, 5.41) is 26.8. The lowest BCUT2D eigenvalue weighted by Gasteiger charge is -2.32. The molecule has 3 aromatic rings. The number of carbonyl (C=O) groups excluding carboxylic acids is 1. The highest BCUT2D eigenvalue weighted by molar-refractivity contribution is 5.86. The topological polar surface area (TPSA) is 110 Å². The van der Waals surface area contributed by atoms with Gasteiger partial charge in [0.15, 0.2) is 0 Å². The highest BCUT2D eigenvalue weighted by atomic mass is 16.3. The number of nitrogens with zero attached hydrogens (tertiary/aromatic N) is 6. The van der Waals surface area contributed by atoms with Crippen molar-refractivity contribution in [2.45, 2.75) is 45.1 Å². The average molecular weight is 488 g/mol. The summed E-state index contributed by atoms with van der Waals surface area (Å²) >= 11 is 0. The van der Waals surface area contributed by atoms with Crippen molar-refractivity contribution in [1.29, 1.82) is 5.26 Å². The summed E-state index contributed by atoms with van der Waals surface area (Å²) in [4.78, 5) is 21.8. The maximum atomic E-state index is 12.5. The second-order valence-corrected chi connectivity index (χ2v) is 10.5. The van der Waals surface area contributed by atoms with Crippen LogP contribution in [0.15, 0.2) is 36.8 Å². The van der Waals surface area contributed by atoms with Crippen LogP contribution in [0.5, 0.6) is 0 Å². The van der Waals surface area contributed by atoms with Crippen LogP contribution < -0.4 is 15.1 Å². The Morgan fingerprint density at radius 1 is 1.17 bits per heavy atom. The molecule has 2 aliphatic heterocycles. The lowest BCUT2D eigenvalue weighted by atomic mass is 9.95. The van der Waals surface area contributed by atoms with Crippen molar-refractivity contribution in [2.24, 2.45) is 5.92 Å². The number of aliphatic hydroxyl groups is 1. The van der Waals surface area contributed by atoms with E-state index in [4.69, 9.17) is 4.98 Å². The third kappa shape index (κ3) is 5.00. The van der Waals surface area contributed by atoms with Crippen LogP contribution in [0.2, 0.25) is 0 Å². The SMILES string of the molecule is CC(C)(O)CNC(=O)C1CCN(c2ccc(-c3cc(N4CCCC4)cn4ncc(C#N)c34)cn2)CC1. The van der Waals surface area contributed by atoms with Crippen molar-refractivity contribution in [1.82, 2.24) is 19.9 Å². The third-order valence-corrected chi connectivity index (χ3v) is 7.13. The van der Waals surface area contributed by atoms with Crippen molar-refractivity contribution < 1.29 is 9.90 Å². The van der Waals surface area contributed by atoms with Crippen LogP contribution in [0.4, 0.5) is 11.5 Å². The van der Waals surface area contributed by atoms with Crippen molar-refractivity contribution in [3.63, 3.8) is 0 Å². The zero-order chi connectivity index (χ0) is 25.3. The van der Waals surface area contributed by atoms with Gasteiger partial charge in [-0.3, -0.25) is 4.79 Å². The molecule has 0 saturated carbocycles. The number of hydrogen-bond acceptors (Lipinski definition) is 7. The predicted molar refractivity (Wildman–Crippen MR) is 139 cm³/mol. The van der Waals surface area contributed by atoms with E-state index in [9.17, 15) is 15.2 Å². The van der Waals surface area contributed by atoms with Crippen LogP contribution in [0.25, 0.3) is 16.6 Å². The molecule has 0 radical (unpaired) electrons. The van der Waals surface area contributed by atoms with Gasteiger partial charge in [0, 0.05) is 56.0 Å². The Hall–Kier alpha value is -3.64. The predicted octanol–water partition coefficient (Wildman–Crippen LogP) is 2.97. The van der Waals surface area contributed by atoms with Gasteiger partial charge in [0.25, 0.3) is 0 Å². The summed E-state index contributed by atoms with van der Waals surface area (Å²) in [5.74, 6) is 0.849. The first-order valence-corrected chi connectivity index (χ1v) is 12.7. The Balaban J connectivity index is 1.33. The number of nitriles is 1. The molecule has 2 saturated heterocycles. The van der Waals surface area contributed by atoms with Gasteiger partial charge < -0.3 is 20.2 Å². The largest absolute Gasteiger partial charge is 0.389 e. The average Bonchev–Trinajstić information content (AvgIpc) is 3.57. The molecule has 0 aromatic carbocycles. The van der Waals surface area contributed by atoms with Crippen molar-refractivity contribution in [2.75, 3.05) is 42.5 Å². The minimum Gasteiger partial charge on any atom is -0.389 e. The number of anilines is 2. The molecule has 5 rings (SSSR count). The molecule has 9 nitrogen and oxygen atoms in total. The molecule has 2 aliphatic rings. The standard InChI is InChI=1S/C27H33N7O2/c1-27(2,36)18-30-26(35)19-7-11-33(12-8-19)24-6-5-20(15-29-24)23-13-22(32-9-3-4-10-32)17-34-25(23)21(14-28)16-31-34/h5-6,13,15-17,19,36H,3-4,7-12,18H2,1-2H3,(H,30,35). The second-order valence-electron chi connectivity index (χ2n) is 10.5. The fraction of sp³-hybridized carbons (Fsp3) is 0.481. The molecule has 0 unspecified atom stereocenters. The van der Waals surface area contributed by atoms with Crippen LogP contribution in [-0.4, -0.2) is 63.9 Å². The molecular formula is C27H33N7O2. The first kappa shape index (κ1) is 24.1. The lowest BCUT2D eigenvalue weighted by molar-refractivity contribution is -0.126. The van der Waals surface area contributed by atoms with E-state index < -0.39 is 5.60 Å². The quantitative estimate of drug-likeness (QED) is 0.550. The molecule has 5 heterocycles. The number of nitrogens with one attached hydrogen (secondary N) is 1. The maximum Gasteiger partial charge on any atom is 0.223 e. The number of piperidine rings is 1. The van der Waals surface area contributed by atoms with Gasteiger partial charge in [0.2, 0.25) is 5.91 Å².